The summed E-state index contributed by atoms with van der Waals surface area (Å²) in [4.78, 5) is 26.8. The summed E-state index contributed by atoms with van der Waals surface area (Å²) in [6.45, 7) is 4.49. The molecule has 2 amide bonds. The van der Waals surface area contributed by atoms with E-state index in [2.05, 4.69) is 12.2 Å². The maximum Gasteiger partial charge on any atom is 0.227 e. The Morgan fingerprint density at radius 2 is 1.84 bits per heavy atom. The Morgan fingerprint density at radius 1 is 1.16 bits per heavy atom. The lowest BCUT2D eigenvalue weighted by atomic mass is 10.0. The van der Waals surface area contributed by atoms with E-state index in [0.29, 0.717) is 6.54 Å². The van der Waals surface area contributed by atoms with Gasteiger partial charge < -0.3 is 10.2 Å². The zero-order valence-electron chi connectivity index (χ0n) is 14.7. The van der Waals surface area contributed by atoms with Crippen LogP contribution in [-0.4, -0.2) is 18.4 Å². The minimum atomic E-state index is -0.302. The smallest absolute Gasteiger partial charge is 0.227 e. The molecule has 0 aliphatic carbocycles. The van der Waals surface area contributed by atoms with Crippen LogP contribution in [0.2, 0.25) is 0 Å². The molecule has 1 fully saturated rings. The lowest BCUT2D eigenvalue weighted by Crippen LogP contribution is -2.34. The minimum Gasteiger partial charge on any atom is -0.349 e. The van der Waals surface area contributed by atoms with E-state index >= 15 is 0 Å². The highest BCUT2D eigenvalue weighted by molar-refractivity contribution is 6.00. The molecule has 130 valence electrons. The van der Waals surface area contributed by atoms with Crippen molar-refractivity contribution in [1.82, 2.24) is 5.32 Å². The Kier molecular flexibility index (Phi) is 5.17. The molecule has 0 saturated carbocycles. The molecule has 0 bridgehead atoms. The van der Waals surface area contributed by atoms with Gasteiger partial charge in [0.05, 0.1) is 12.0 Å². The van der Waals surface area contributed by atoms with E-state index in [9.17, 15) is 9.59 Å². The van der Waals surface area contributed by atoms with E-state index in [1.54, 1.807) is 4.90 Å². The predicted molar refractivity (Wildman–Crippen MR) is 99.3 cm³/mol. The molecule has 2 atom stereocenters. The first kappa shape index (κ1) is 17.2. The number of para-hydroxylation sites is 1. The number of carbonyl (C=O) groups is 2. The number of nitrogens with zero attached hydrogens (tertiary/aromatic N) is 1. The Morgan fingerprint density at radius 3 is 2.56 bits per heavy atom. The molecule has 2 aromatic rings. The first-order valence-electron chi connectivity index (χ1n) is 8.83. The lowest BCUT2D eigenvalue weighted by molar-refractivity contribution is -0.126. The van der Waals surface area contributed by atoms with Gasteiger partial charge in [0, 0.05) is 18.7 Å². The summed E-state index contributed by atoms with van der Waals surface area (Å²) in [6.07, 6.45) is 1.13. The van der Waals surface area contributed by atoms with Crippen LogP contribution in [0, 0.1) is 5.92 Å². The molecule has 0 aromatic heterocycles. The van der Waals surface area contributed by atoms with Crippen LogP contribution >= 0.6 is 0 Å². The van der Waals surface area contributed by atoms with Crippen molar-refractivity contribution in [2.75, 3.05) is 11.4 Å². The van der Waals surface area contributed by atoms with Crippen LogP contribution in [0.5, 0.6) is 0 Å². The molecule has 2 aromatic carbocycles. The maximum atomic E-state index is 12.6. The number of nitrogens with one attached hydrogen (secondary N) is 1. The second kappa shape index (κ2) is 7.51. The number of carbonyl (C=O) groups excluding carboxylic acids is 2. The minimum absolute atomic E-state index is 0.0217. The van der Waals surface area contributed by atoms with Gasteiger partial charge in [-0.25, -0.2) is 0 Å². The fraction of sp³-hybridized carbons (Fsp3) is 0.333. The molecule has 0 unspecified atom stereocenters. The van der Waals surface area contributed by atoms with E-state index in [1.165, 1.54) is 0 Å². The van der Waals surface area contributed by atoms with Crippen molar-refractivity contribution in [2.24, 2.45) is 5.92 Å². The summed E-state index contributed by atoms with van der Waals surface area (Å²) >= 11 is 0. The molecule has 0 spiro atoms. The van der Waals surface area contributed by atoms with E-state index in [-0.39, 0.29) is 30.2 Å². The SMILES string of the molecule is CCc1ccccc1N1C[C@@H](C(=O)N[C@@H](C)c2ccccc2)CC1=O. The van der Waals surface area contributed by atoms with Crippen LogP contribution in [0.15, 0.2) is 54.6 Å². The molecule has 4 heteroatoms. The van der Waals surface area contributed by atoms with Crippen molar-refractivity contribution in [3.63, 3.8) is 0 Å². The first-order chi connectivity index (χ1) is 12.1. The number of amides is 2. The van der Waals surface area contributed by atoms with Crippen molar-refractivity contribution >= 4 is 17.5 Å². The molecule has 4 nitrogen and oxygen atoms in total. The highest BCUT2D eigenvalue weighted by Crippen LogP contribution is 2.29. The van der Waals surface area contributed by atoms with Gasteiger partial charge in [-0.1, -0.05) is 55.5 Å². The van der Waals surface area contributed by atoms with Gasteiger partial charge in [-0.05, 0) is 30.5 Å². The molecular weight excluding hydrogens is 312 g/mol. The van der Waals surface area contributed by atoms with Crippen molar-refractivity contribution in [3.05, 3.63) is 65.7 Å². The summed E-state index contributed by atoms with van der Waals surface area (Å²) in [6, 6.07) is 17.7. The van der Waals surface area contributed by atoms with Gasteiger partial charge in [-0.3, -0.25) is 9.59 Å². The highest BCUT2D eigenvalue weighted by Gasteiger charge is 2.36. The van der Waals surface area contributed by atoms with Crippen LogP contribution in [0.1, 0.15) is 37.4 Å². The Bertz CT molecular complexity index is 758. The molecule has 1 saturated heterocycles. The Balaban J connectivity index is 1.69. The molecule has 25 heavy (non-hydrogen) atoms. The fourth-order valence-corrected chi connectivity index (χ4v) is 3.35. The third-order valence-corrected chi connectivity index (χ3v) is 4.82. The molecule has 3 rings (SSSR count). The lowest BCUT2D eigenvalue weighted by Gasteiger charge is -2.20. The number of hydrogen-bond acceptors (Lipinski definition) is 2. The Labute approximate surface area is 148 Å². The van der Waals surface area contributed by atoms with Crippen molar-refractivity contribution in [3.8, 4) is 0 Å². The van der Waals surface area contributed by atoms with Gasteiger partial charge in [0.2, 0.25) is 11.8 Å². The van der Waals surface area contributed by atoms with Crippen LogP contribution in [0.3, 0.4) is 0 Å². The summed E-state index contributed by atoms with van der Waals surface area (Å²) in [5, 5.41) is 3.04. The third-order valence-electron chi connectivity index (χ3n) is 4.82. The van der Waals surface area contributed by atoms with E-state index in [1.807, 2.05) is 61.5 Å². The van der Waals surface area contributed by atoms with E-state index in [0.717, 1.165) is 23.2 Å². The number of anilines is 1. The van der Waals surface area contributed by atoms with Crippen molar-refractivity contribution in [1.29, 1.82) is 0 Å². The zero-order valence-corrected chi connectivity index (χ0v) is 14.7. The molecular formula is C21H24N2O2. The van der Waals surface area contributed by atoms with E-state index in [4.69, 9.17) is 0 Å². The van der Waals surface area contributed by atoms with Crippen LogP contribution in [-0.2, 0) is 16.0 Å². The summed E-state index contributed by atoms with van der Waals surface area (Å²) in [7, 11) is 0. The molecule has 0 radical (unpaired) electrons. The summed E-state index contributed by atoms with van der Waals surface area (Å²) < 4.78 is 0. The molecule has 1 N–H and O–H groups in total. The van der Waals surface area contributed by atoms with Gasteiger partial charge in [0.15, 0.2) is 0 Å². The average molecular weight is 336 g/mol. The van der Waals surface area contributed by atoms with Gasteiger partial charge in [-0.2, -0.15) is 0 Å². The van der Waals surface area contributed by atoms with Crippen LogP contribution in [0.4, 0.5) is 5.69 Å². The first-order valence-corrected chi connectivity index (χ1v) is 8.83. The third kappa shape index (κ3) is 3.73. The monoisotopic (exact) mass is 336 g/mol. The number of rotatable bonds is 5. The maximum absolute atomic E-state index is 12.6. The highest BCUT2D eigenvalue weighted by atomic mass is 16.2. The molecule has 1 heterocycles. The second-order valence-corrected chi connectivity index (χ2v) is 6.53. The molecule has 1 aliphatic rings. The van der Waals surface area contributed by atoms with Gasteiger partial charge in [-0.15, -0.1) is 0 Å². The van der Waals surface area contributed by atoms with Crippen molar-refractivity contribution < 1.29 is 9.59 Å². The van der Waals surface area contributed by atoms with Crippen LogP contribution < -0.4 is 10.2 Å². The van der Waals surface area contributed by atoms with E-state index < -0.39 is 0 Å². The normalized spacial score (nSPS) is 18.2. The fourth-order valence-electron chi connectivity index (χ4n) is 3.35. The average Bonchev–Trinajstić information content (AvgIpc) is 3.04. The van der Waals surface area contributed by atoms with Gasteiger partial charge >= 0.3 is 0 Å². The Hall–Kier alpha value is -2.62. The number of hydrogen-bond donors (Lipinski definition) is 1. The zero-order chi connectivity index (χ0) is 17.8. The standard InChI is InChI=1S/C21H24N2O2/c1-3-16-9-7-8-12-19(16)23-14-18(13-20(23)24)21(25)22-15(2)17-10-5-4-6-11-17/h4-12,15,18H,3,13-14H2,1-2H3,(H,22,25)/t15-,18-/m0/s1. The summed E-state index contributed by atoms with van der Waals surface area (Å²) in [5.41, 5.74) is 3.13. The van der Waals surface area contributed by atoms with Gasteiger partial charge in [0.25, 0.3) is 0 Å². The topological polar surface area (TPSA) is 49.4 Å². The van der Waals surface area contributed by atoms with Crippen molar-refractivity contribution in [2.45, 2.75) is 32.7 Å². The quantitative estimate of drug-likeness (QED) is 0.909. The van der Waals surface area contributed by atoms with Gasteiger partial charge in [0.1, 0.15) is 0 Å². The largest absolute Gasteiger partial charge is 0.349 e. The number of benzene rings is 2. The summed E-state index contributed by atoms with van der Waals surface area (Å²) in [5.74, 6) is -0.335. The second-order valence-electron chi connectivity index (χ2n) is 6.53. The van der Waals surface area contributed by atoms with Crippen LogP contribution in [0.25, 0.3) is 0 Å². The molecule has 1 aliphatic heterocycles. The predicted octanol–water partition coefficient (Wildman–Crippen LogP) is 3.48. The number of aryl methyl sites for hydroxylation is 1.